The minimum atomic E-state index is -4.42. The number of fused-ring (bicyclic) bond motifs is 1. The van der Waals surface area contributed by atoms with Crippen molar-refractivity contribution in [2.75, 3.05) is 50.1 Å². The van der Waals surface area contributed by atoms with Crippen LogP contribution in [0.3, 0.4) is 0 Å². The summed E-state index contributed by atoms with van der Waals surface area (Å²) >= 11 is 0. The Balaban J connectivity index is 1.36. The van der Waals surface area contributed by atoms with Crippen LogP contribution in [0, 0.1) is 0 Å². The van der Waals surface area contributed by atoms with Gasteiger partial charge in [-0.25, -0.2) is 9.97 Å². The van der Waals surface area contributed by atoms with Crippen LogP contribution in [0.1, 0.15) is 12.0 Å². The van der Waals surface area contributed by atoms with E-state index in [0.717, 1.165) is 55.6 Å². The molecule has 1 aliphatic rings. The Morgan fingerprint density at radius 3 is 2.64 bits per heavy atom. The van der Waals surface area contributed by atoms with Crippen molar-refractivity contribution in [2.45, 2.75) is 12.6 Å². The average molecular weight is 459 g/mol. The molecule has 0 spiro atoms. The van der Waals surface area contributed by atoms with Crippen LogP contribution in [0.5, 0.6) is 5.75 Å². The molecule has 0 bridgehead atoms. The molecule has 174 valence electrons. The number of hydrogen-bond acceptors (Lipinski definition) is 6. The van der Waals surface area contributed by atoms with Crippen LogP contribution in [0.15, 0.2) is 48.7 Å². The number of alkyl halides is 3. The standard InChI is InChI=1S/C23H24F3N5O2/c1-30-9-2-10-31(12-11-30)22-27-14-16-13-18(5-8-20(16)29-22)28-21(32)15-33-19-6-3-17(4-7-19)23(24,25)26/h3-8,13-14H,2,9-12,15H2,1H3,(H,28,32). The Bertz CT molecular complexity index is 1120. The van der Waals surface area contributed by atoms with Gasteiger partial charge in [-0.05, 0) is 62.5 Å². The first kappa shape index (κ1) is 22.8. The summed E-state index contributed by atoms with van der Waals surface area (Å²) in [4.78, 5) is 25.8. The maximum Gasteiger partial charge on any atom is 0.416 e. The predicted molar refractivity (Wildman–Crippen MR) is 119 cm³/mol. The molecule has 10 heteroatoms. The molecule has 7 nitrogen and oxygen atoms in total. The van der Waals surface area contributed by atoms with Crippen LogP contribution in [0.25, 0.3) is 10.9 Å². The molecule has 1 aliphatic heterocycles. The van der Waals surface area contributed by atoms with Gasteiger partial charge >= 0.3 is 6.18 Å². The van der Waals surface area contributed by atoms with E-state index in [9.17, 15) is 18.0 Å². The maximum absolute atomic E-state index is 12.6. The summed E-state index contributed by atoms with van der Waals surface area (Å²) in [6, 6.07) is 9.52. The number of benzene rings is 2. The largest absolute Gasteiger partial charge is 0.484 e. The second kappa shape index (κ2) is 9.62. The molecule has 1 aromatic heterocycles. The lowest BCUT2D eigenvalue weighted by molar-refractivity contribution is -0.137. The van der Waals surface area contributed by atoms with Crippen molar-refractivity contribution in [2.24, 2.45) is 0 Å². The number of hydrogen-bond donors (Lipinski definition) is 1. The molecule has 0 aliphatic carbocycles. The SMILES string of the molecule is CN1CCCN(c2ncc3cc(NC(=O)COc4ccc(C(F)(F)F)cc4)ccc3n2)CC1. The molecular weight excluding hydrogens is 435 g/mol. The van der Waals surface area contributed by atoms with E-state index in [0.29, 0.717) is 11.6 Å². The lowest BCUT2D eigenvalue weighted by atomic mass is 10.2. The van der Waals surface area contributed by atoms with Gasteiger partial charge in [-0.15, -0.1) is 0 Å². The summed E-state index contributed by atoms with van der Waals surface area (Å²) in [5.41, 5.74) is 0.553. The van der Waals surface area contributed by atoms with Gasteiger partial charge in [-0.3, -0.25) is 4.79 Å². The van der Waals surface area contributed by atoms with E-state index >= 15 is 0 Å². The van der Waals surface area contributed by atoms with E-state index in [1.165, 1.54) is 12.1 Å². The first-order chi connectivity index (χ1) is 15.8. The number of aromatic nitrogens is 2. The zero-order chi connectivity index (χ0) is 23.4. The average Bonchev–Trinajstić information content (AvgIpc) is 3.01. The predicted octanol–water partition coefficient (Wildman–Crippen LogP) is 3.81. The number of anilines is 2. The Kier molecular flexibility index (Phi) is 6.64. The van der Waals surface area contributed by atoms with E-state index in [4.69, 9.17) is 4.74 Å². The molecular formula is C23H24F3N5O2. The first-order valence-corrected chi connectivity index (χ1v) is 10.6. The number of rotatable bonds is 5. The van der Waals surface area contributed by atoms with E-state index in [2.05, 4.69) is 32.1 Å². The number of likely N-dealkylation sites (N-methyl/N-ethyl adjacent to an activating group) is 1. The molecule has 3 aromatic rings. The molecule has 0 atom stereocenters. The third kappa shape index (κ3) is 5.89. The van der Waals surface area contributed by atoms with Crippen molar-refractivity contribution in [3.8, 4) is 5.75 Å². The zero-order valence-corrected chi connectivity index (χ0v) is 18.1. The zero-order valence-electron chi connectivity index (χ0n) is 18.1. The Labute approximate surface area is 189 Å². The minimum Gasteiger partial charge on any atom is -0.484 e. The summed E-state index contributed by atoms with van der Waals surface area (Å²) in [5.74, 6) is 0.442. The molecule has 1 amide bonds. The van der Waals surface area contributed by atoms with Crippen molar-refractivity contribution in [1.29, 1.82) is 0 Å². The third-order valence-electron chi connectivity index (χ3n) is 5.40. The van der Waals surface area contributed by atoms with Gasteiger partial charge in [0.1, 0.15) is 5.75 Å². The molecule has 0 unspecified atom stereocenters. The number of ether oxygens (including phenoxy) is 1. The van der Waals surface area contributed by atoms with Crippen LogP contribution in [0.2, 0.25) is 0 Å². The minimum absolute atomic E-state index is 0.178. The van der Waals surface area contributed by atoms with Crippen molar-refractivity contribution in [1.82, 2.24) is 14.9 Å². The first-order valence-electron chi connectivity index (χ1n) is 10.6. The Morgan fingerprint density at radius 2 is 1.88 bits per heavy atom. The second-order valence-electron chi connectivity index (χ2n) is 7.95. The van der Waals surface area contributed by atoms with Gasteiger partial charge in [0.25, 0.3) is 5.91 Å². The van der Waals surface area contributed by atoms with Gasteiger partial charge in [-0.1, -0.05) is 0 Å². The van der Waals surface area contributed by atoms with Gasteiger partial charge in [0.2, 0.25) is 5.95 Å². The van der Waals surface area contributed by atoms with Crippen molar-refractivity contribution >= 4 is 28.4 Å². The molecule has 0 saturated carbocycles. The lowest BCUT2D eigenvalue weighted by Crippen LogP contribution is -2.30. The number of halogens is 3. The quantitative estimate of drug-likeness (QED) is 0.626. The Hall–Kier alpha value is -3.40. The molecule has 1 fully saturated rings. The van der Waals surface area contributed by atoms with Crippen LogP contribution in [-0.4, -0.2) is 60.6 Å². The highest BCUT2D eigenvalue weighted by Crippen LogP contribution is 2.30. The highest BCUT2D eigenvalue weighted by atomic mass is 19.4. The molecule has 0 radical (unpaired) electrons. The van der Waals surface area contributed by atoms with Crippen LogP contribution in [-0.2, 0) is 11.0 Å². The van der Waals surface area contributed by atoms with Crippen molar-refractivity contribution in [3.63, 3.8) is 0 Å². The van der Waals surface area contributed by atoms with E-state index in [1.807, 2.05) is 6.07 Å². The summed E-state index contributed by atoms with van der Waals surface area (Å²) in [6.45, 7) is 3.46. The smallest absolute Gasteiger partial charge is 0.416 e. The molecule has 2 aromatic carbocycles. The number of nitrogens with one attached hydrogen (secondary N) is 1. The van der Waals surface area contributed by atoms with Gasteiger partial charge in [0, 0.05) is 36.9 Å². The third-order valence-corrected chi connectivity index (χ3v) is 5.40. The molecule has 33 heavy (non-hydrogen) atoms. The fourth-order valence-corrected chi connectivity index (χ4v) is 3.59. The topological polar surface area (TPSA) is 70.6 Å². The maximum atomic E-state index is 12.6. The summed E-state index contributed by atoms with van der Waals surface area (Å²) in [6.07, 6.45) is -1.63. The van der Waals surface area contributed by atoms with Gasteiger partial charge < -0.3 is 19.9 Å². The normalized spacial score (nSPS) is 15.3. The fourth-order valence-electron chi connectivity index (χ4n) is 3.59. The second-order valence-corrected chi connectivity index (χ2v) is 7.95. The van der Waals surface area contributed by atoms with Crippen molar-refractivity contribution in [3.05, 3.63) is 54.2 Å². The fraction of sp³-hybridized carbons (Fsp3) is 0.348. The number of amides is 1. The molecule has 1 saturated heterocycles. The lowest BCUT2D eigenvalue weighted by Gasteiger charge is -2.20. The van der Waals surface area contributed by atoms with Crippen LogP contribution < -0.4 is 15.0 Å². The number of nitrogens with zero attached hydrogens (tertiary/aromatic N) is 4. The van der Waals surface area contributed by atoms with Crippen LogP contribution >= 0.6 is 0 Å². The van der Waals surface area contributed by atoms with Gasteiger partial charge in [0.15, 0.2) is 6.61 Å². The monoisotopic (exact) mass is 459 g/mol. The van der Waals surface area contributed by atoms with E-state index in [1.54, 1.807) is 18.3 Å². The summed E-state index contributed by atoms with van der Waals surface area (Å²) in [7, 11) is 2.11. The van der Waals surface area contributed by atoms with Crippen LogP contribution in [0.4, 0.5) is 24.8 Å². The van der Waals surface area contributed by atoms with Gasteiger partial charge in [0.05, 0.1) is 11.1 Å². The summed E-state index contributed by atoms with van der Waals surface area (Å²) in [5, 5.41) is 3.50. The highest BCUT2D eigenvalue weighted by Gasteiger charge is 2.30. The van der Waals surface area contributed by atoms with Crippen molar-refractivity contribution < 1.29 is 22.7 Å². The Morgan fingerprint density at radius 1 is 1.09 bits per heavy atom. The number of carbonyl (C=O) groups is 1. The molecule has 4 rings (SSSR count). The number of carbonyl (C=O) groups excluding carboxylic acids is 1. The van der Waals surface area contributed by atoms with Gasteiger partial charge in [-0.2, -0.15) is 13.2 Å². The van der Waals surface area contributed by atoms with E-state index < -0.39 is 17.6 Å². The highest BCUT2D eigenvalue weighted by molar-refractivity contribution is 5.94. The molecule has 2 heterocycles. The van der Waals surface area contributed by atoms with E-state index in [-0.39, 0.29) is 12.4 Å². The molecule has 1 N–H and O–H groups in total. The summed E-state index contributed by atoms with van der Waals surface area (Å²) < 4.78 is 43.1.